The van der Waals surface area contributed by atoms with E-state index in [1.807, 2.05) is 48.8 Å². The van der Waals surface area contributed by atoms with E-state index < -0.39 is 0 Å². The standard InChI is InChI=1S/C15H19N2O2.ClH/c1-4-10-16-12(3)17(11-15(18)19-5-2)14-9-7-6-8-13(14)16;/h4,6-9H,1,5,10-11H2,2-3H3;1H/q+1;/p-1. The smallest absolute Gasteiger partial charge is 0.348 e. The van der Waals surface area contributed by atoms with Crippen molar-refractivity contribution in [3.63, 3.8) is 0 Å². The Morgan fingerprint density at radius 2 is 2.15 bits per heavy atom. The van der Waals surface area contributed by atoms with Crippen LogP contribution in [0.1, 0.15) is 12.7 Å². The lowest BCUT2D eigenvalue weighted by Gasteiger charge is -2.01. The minimum Gasteiger partial charge on any atom is -1.00 e. The van der Waals surface area contributed by atoms with Gasteiger partial charge in [-0.25, -0.2) is 13.9 Å². The van der Waals surface area contributed by atoms with Crippen molar-refractivity contribution < 1.29 is 26.5 Å². The number of para-hydroxylation sites is 2. The normalized spacial score (nSPS) is 10.1. The molecule has 0 unspecified atom stereocenters. The Morgan fingerprint density at radius 1 is 1.45 bits per heavy atom. The van der Waals surface area contributed by atoms with E-state index in [0.717, 1.165) is 23.4 Å². The number of benzene rings is 1. The number of hydrogen-bond acceptors (Lipinski definition) is 2. The summed E-state index contributed by atoms with van der Waals surface area (Å²) in [5.74, 6) is 0.811. The number of nitrogens with zero attached hydrogens (tertiary/aromatic N) is 2. The van der Waals surface area contributed by atoms with Gasteiger partial charge in [0, 0.05) is 6.92 Å². The number of ether oxygens (including phenoxy) is 1. The van der Waals surface area contributed by atoms with Gasteiger partial charge in [0.1, 0.15) is 6.54 Å². The summed E-state index contributed by atoms with van der Waals surface area (Å²) in [7, 11) is 0. The molecule has 0 radical (unpaired) electrons. The molecule has 0 aliphatic rings. The lowest BCUT2D eigenvalue weighted by atomic mass is 10.3. The van der Waals surface area contributed by atoms with Crippen molar-refractivity contribution in [2.75, 3.05) is 6.61 Å². The highest BCUT2D eigenvalue weighted by Gasteiger charge is 2.22. The van der Waals surface area contributed by atoms with Crippen molar-refractivity contribution in [1.29, 1.82) is 0 Å². The number of rotatable bonds is 5. The van der Waals surface area contributed by atoms with E-state index in [-0.39, 0.29) is 24.9 Å². The molecule has 1 aromatic carbocycles. The Kier molecular flexibility index (Phi) is 5.77. The molecule has 1 heterocycles. The molecule has 2 rings (SSSR count). The molecule has 20 heavy (non-hydrogen) atoms. The van der Waals surface area contributed by atoms with Crippen LogP contribution in [0.2, 0.25) is 0 Å². The molecular weight excluding hydrogens is 276 g/mol. The highest BCUT2D eigenvalue weighted by Crippen LogP contribution is 2.14. The van der Waals surface area contributed by atoms with Crippen LogP contribution in [0.25, 0.3) is 11.0 Å². The van der Waals surface area contributed by atoms with Gasteiger partial charge in [-0.3, -0.25) is 0 Å². The van der Waals surface area contributed by atoms with E-state index in [0.29, 0.717) is 6.61 Å². The van der Waals surface area contributed by atoms with Gasteiger partial charge < -0.3 is 17.1 Å². The quantitative estimate of drug-likeness (QED) is 0.402. The lowest BCUT2D eigenvalue weighted by molar-refractivity contribution is -0.667. The van der Waals surface area contributed by atoms with Crippen molar-refractivity contribution in [3.8, 4) is 0 Å². The molecule has 0 saturated carbocycles. The number of imidazole rings is 1. The minimum atomic E-state index is -0.211. The van der Waals surface area contributed by atoms with Crippen LogP contribution in [0.4, 0.5) is 0 Å². The number of carbonyl (C=O) groups excluding carboxylic acids is 1. The van der Waals surface area contributed by atoms with E-state index in [9.17, 15) is 4.79 Å². The third-order valence-electron chi connectivity index (χ3n) is 3.15. The molecule has 1 aromatic heterocycles. The van der Waals surface area contributed by atoms with E-state index >= 15 is 0 Å². The average molecular weight is 295 g/mol. The van der Waals surface area contributed by atoms with Gasteiger partial charge >= 0.3 is 5.97 Å². The van der Waals surface area contributed by atoms with E-state index in [4.69, 9.17) is 4.74 Å². The first-order valence-corrected chi connectivity index (χ1v) is 6.43. The summed E-state index contributed by atoms with van der Waals surface area (Å²) >= 11 is 0. The summed E-state index contributed by atoms with van der Waals surface area (Å²) in [6.07, 6.45) is 1.86. The van der Waals surface area contributed by atoms with E-state index in [1.54, 1.807) is 0 Å². The van der Waals surface area contributed by atoms with Gasteiger partial charge in [-0.2, -0.15) is 0 Å². The highest BCUT2D eigenvalue weighted by atomic mass is 35.5. The van der Waals surface area contributed by atoms with Crippen LogP contribution in [0.3, 0.4) is 0 Å². The number of halogens is 1. The van der Waals surface area contributed by atoms with Gasteiger partial charge in [-0.15, -0.1) is 0 Å². The van der Waals surface area contributed by atoms with Crippen molar-refractivity contribution in [2.24, 2.45) is 0 Å². The Hall–Kier alpha value is -1.81. The summed E-state index contributed by atoms with van der Waals surface area (Å²) in [4.78, 5) is 11.7. The highest BCUT2D eigenvalue weighted by molar-refractivity contribution is 5.74. The van der Waals surface area contributed by atoms with Crippen molar-refractivity contribution in [3.05, 3.63) is 42.7 Å². The van der Waals surface area contributed by atoms with Crippen LogP contribution >= 0.6 is 0 Å². The Labute approximate surface area is 125 Å². The maximum absolute atomic E-state index is 11.7. The summed E-state index contributed by atoms with van der Waals surface area (Å²) in [6, 6.07) is 8.03. The Morgan fingerprint density at radius 3 is 2.80 bits per heavy atom. The largest absolute Gasteiger partial charge is 1.00 e. The molecule has 0 aliphatic carbocycles. The van der Waals surface area contributed by atoms with Gasteiger partial charge in [0.05, 0.1) is 6.61 Å². The molecule has 0 amide bonds. The fraction of sp³-hybridized carbons (Fsp3) is 0.333. The number of carbonyl (C=O) groups is 1. The first-order valence-electron chi connectivity index (χ1n) is 6.43. The van der Waals surface area contributed by atoms with Gasteiger partial charge in [0.2, 0.25) is 0 Å². The maximum atomic E-state index is 11.7. The number of hydrogen-bond donors (Lipinski definition) is 0. The van der Waals surface area contributed by atoms with Crippen molar-refractivity contribution in [2.45, 2.75) is 26.9 Å². The first kappa shape index (κ1) is 16.2. The van der Waals surface area contributed by atoms with Crippen LogP contribution in [-0.4, -0.2) is 17.1 Å². The molecule has 0 saturated heterocycles. The molecular formula is C15H19ClN2O2. The lowest BCUT2D eigenvalue weighted by Crippen LogP contribution is -3.00. The molecule has 5 heteroatoms. The second-order valence-electron chi connectivity index (χ2n) is 4.33. The predicted molar refractivity (Wildman–Crippen MR) is 73.7 cm³/mol. The fourth-order valence-electron chi connectivity index (χ4n) is 2.31. The molecule has 108 valence electrons. The van der Waals surface area contributed by atoms with E-state index in [2.05, 4.69) is 11.1 Å². The zero-order chi connectivity index (χ0) is 13.8. The summed E-state index contributed by atoms with van der Waals surface area (Å²) in [6.45, 7) is 8.97. The summed E-state index contributed by atoms with van der Waals surface area (Å²) in [5.41, 5.74) is 2.14. The topological polar surface area (TPSA) is 35.1 Å². The van der Waals surface area contributed by atoms with E-state index in [1.165, 1.54) is 0 Å². The van der Waals surface area contributed by atoms with Crippen LogP contribution < -0.4 is 17.0 Å². The molecule has 0 bridgehead atoms. The summed E-state index contributed by atoms with van der Waals surface area (Å²) < 4.78 is 9.15. The zero-order valence-corrected chi connectivity index (χ0v) is 12.6. The molecule has 0 fully saturated rings. The van der Waals surface area contributed by atoms with Crippen LogP contribution in [-0.2, 0) is 22.6 Å². The van der Waals surface area contributed by atoms with Crippen LogP contribution in [0.15, 0.2) is 36.9 Å². The fourth-order valence-corrected chi connectivity index (χ4v) is 2.31. The van der Waals surface area contributed by atoms with Crippen molar-refractivity contribution >= 4 is 17.0 Å². The molecule has 0 N–H and O–H groups in total. The summed E-state index contributed by atoms with van der Waals surface area (Å²) in [5, 5.41) is 0. The molecule has 4 nitrogen and oxygen atoms in total. The number of aromatic nitrogens is 2. The second-order valence-corrected chi connectivity index (χ2v) is 4.33. The molecule has 0 atom stereocenters. The number of fused-ring (bicyclic) bond motifs is 1. The van der Waals surface area contributed by atoms with Crippen LogP contribution in [0.5, 0.6) is 0 Å². The SMILES string of the molecule is C=CCn1c(C)[n+](CC(=O)OCC)c2ccccc21.[Cl-]. The predicted octanol–water partition coefficient (Wildman–Crippen LogP) is -1.01. The molecule has 2 aromatic rings. The first-order chi connectivity index (χ1) is 9.19. The zero-order valence-electron chi connectivity index (χ0n) is 11.8. The third-order valence-corrected chi connectivity index (χ3v) is 3.15. The van der Waals surface area contributed by atoms with Gasteiger partial charge in [0.15, 0.2) is 17.6 Å². The average Bonchev–Trinajstić information content (AvgIpc) is 2.66. The molecule has 0 spiro atoms. The van der Waals surface area contributed by atoms with Gasteiger partial charge in [-0.05, 0) is 19.1 Å². The van der Waals surface area contributed by atoms with Gasteiger partial charge in [-0.1, -0.05) is 24.8 Å². The Bertz CT molecular complexity index is 620. The Balaban J connectivity index is 0.00000200. The monoisotopic (exact) mass is 294 g/mol. The van der Waals surface area contributed by atoms with Gasteiger partial charge in [0.25, 0.3) is 5.82 Å². The number of allylic oxidation sites excluding steroid dienone is 1. The minimum absolute atomic E-state index is 0. The second kappa shape index (κ2) is 7.10. The third kappa shape index (κ3) is 3.02. The van der Waals surface area contributed by atoms with Crippen molar-refractivity contribution in [1.82, 2.24) is 4.57 Å². The maximum Gasteiger partial charge on any atom is 0.348 e. The van der Waals surface area contributed by atoms with Crippen LogP contribution in [0, 0.1) is 6.92 Å². The number of esters is 1. The molecule has 0 aliphatic heterocycles.